The SMILES string of the molecule is CSc1nccc(N2CCC[C@H](NC(=O)OC(C)(C)C)C2)n1. The first kappa shape index (κ1) is 16.9. The minimum Gasteiger partial charge on any atom is -0.444 e. The highest BCUT2D eigenvalue weighted by Gasteiger charge is 2.25. The first-order valence-electron chi connectivity index (χ1n) is 7.49. The smallest absolute Gasteiger partial charge is 0.407 e. The van der Waals surface area contributed by atoms with Crippen molar-refractivity contribution in [2.75, 3.05) is 24.2 Å². The topological polar surface area (TPSA) is 67.4 Å². The summed E-state index contributed by atoms with van der Waals surface area (Å²) < 4.78 is 5.32. The summed E-state index contributed by atoms with van der Waals surface area (Å²) in [6.07, 6.45) is 5.35. The van der Waals surface area contributed by atoms with Crippen molar-refractivity contribution in [1.82, 2.24) is 15.3 Å². The van der Waals surface area contributed by atoms with Crippen molar-refractivity contribution in [2.24, 2.45) is 0 Å². The van der Waals surface area contributed by atoms with Crippen LogP contribution in [0.1, 0.15) is 33.6 Å². The molecule has 0 radical (unpaired) electrons. The van der Waals surface area contributed by atoms with Gasteiger partial charge in [0.2, 0.25) is 0 Å². The molecule has 0 aliphatic carbocycles. The average Bonchev–Trinajstić information content (AvgIpc) is 2.45. The van der Waals surface area contributed by atoms with E-state index in [0.717, 1.165) is 36.9 Å². The number of anilines is 1. The first-order chi connectivity index (χ1) is 10.4. The Labute approximate surface area is 136 Å². The van der Waals surface area contributed by atoms with Gasteiger partial charge in [-0.2, -0.15) is 0 Å². The van der Waals surface area contributed by atoms with Gasteiger partial charge >= 0.3 is 6.09 Å². The lowest BCUT2D eigenvalue weighted by Crippen LogP contribution is -2.49. The monoisotopic (exact) mass is 324 g/mol. The Morgan fingerprint density at radius 2 is 2.27 bits per heavy atom. The molecule has 1 aromatic rings. The summed E-state index contributed by atoms with van der Waals surface area (Å²) in [4.78, 5) is 22.8. The van der Waals surface area contributed by atoms with Crippen molar-refractivity contribution in [3.63, 3.8) is 0 Å². The van der Waals surface area contributed by atoms with Crippen LogP contribution in [0.25, 0.3) is 0 Å². The van der Waals surface area contributed by atoms with Crippen molar-refractivity contribution in [1.29, 1.82) is 0 Å². The predicted molar refractivity (Wildman–Crippen MR) is 88.4 cm³/mol. The van der Waals surface area contributed by atoms with Gasteiger partial charge < -0.3 is 15.0 Å². The number of ether oxygens (including phenoxy) is 1. The zero-order valence-corrected chi connectivity index (χ0v) is 14.4. The number of alkyl carbamates (subject to hydrolysis) is 1. The number of aromatic nitrogens is 2. The van der Waals surface area contributed by atoms with Crippen LogP contribution < -0.4 is 10.2 Å². The molecule has 0 aromatic carbocycles. The molecule has 0 spiro atoms. The van der Waals surface area contributed by atoms with Crippen molar-refractivity contribution in [2.45, 2.75) is 50.4 Å². The third-order valence-corrected chi connectivity index (χ3v) is 3.83. The summed E-state index contributed by atoms with van der Waals surface area (Å²) in [5.74, 6) is 0.912. The van der Waals surface area contributed by atoms with E-state index in [4.69, 9.17) is 4.74 Å². The van der Waals surface area contributed by atoms with Gasteiger partial charge in [-0.3, -0.25) is 0 Å². The van der Waals surface area contributed by atoms with E-state index in [0.29, 0.717) is 0 Å². The van der Waals surface area contributed by atoms with Gasteiger partial charge in [-0.1, -0.05) is 11.8 Å². The number of hydrogen-bond donors (Lipinski definition) is 1. The standard InChI is InChI=1S/C15H24N4O2S/c1-15(2,3)21-14(20)17-11-6-5-9-19(10-11)12-7-8-16-13(18-12)22-4/h7-8,11H,5-6,9-10H2,1-4H3,(H,17,20)/t11-/m0/s1. The largest absolute Gasteiger partial charge is 0.444 e. The quantitative estimate of drug-likeness (QED) is 0.681. The fraction of sp³-hybridized carbons (Fsp3) is 0.667. The van der Waals surface area contributed by atoms with Gasteiger partial charge in [0.1, 0.15) is 11.4 Å². The summed E-state index contributed by atoms with van der Waals surface area (Å²) >= 11 is 1.53. The number of nitrogens with one attached hydrogen (secondary N) is 1. The molecule has 1 aliphatic heterocycles. The maximum Gasteiger partial charge on any atom is 0.407 e. The minimum absolute atomic E-state index is 0.0799. The summed E-state index contributed by atoms with van der Waals surface area (Å²) in [7, 11) is 0. The highest BCUT2D eigenvalue weighted by molar-refractivity contribution is 7.98. The number of thioether (sulfide) groups is 1. The minimum atomic E-state index is -0.474. The van der Waals surface area contributed by atoms with Crippen LogP contribution in [0.15, 0.2) is 17.4 Å². The van der Waals surface area contributed by atoms with Crippen LogP contribution in [0.2, 0.25) is 0 Å². The molecule has 6 nitrogen and oxygen atoms in total. The van der Waals surface area contributed by atoms with Gasteiger partial charge in [-0.05, 0) is 45.9 Å². The molecule has 2 rings (SSSR count). The molecule has 22 heavy (non-hydrogen) atoms. The Kier molecular flexibility index (Phi) is 5.50. The summed E-state index contributed by atoms with van der Waals surface area (Å²) in [5.41, 5.74) is -0.474. The van der Waals surface area contributed by atoms with Crippen LogP contribution in [0.3, 0.4) is 0 Å². The summed E-state index contributed by atoms with van der Waals surface area (Å²) in [5, 5.41) is 3.72. The lowest BCUT2D eigenvalue weighted by atomic mass is 10.1. The molecule has 1 saturated heterocycles. The molecule has 0 saturated carbocycles. The van der Waals surface area contributed by atoms with Gasteiger partial charge in [0.25, 0.3) is 0 Å². The summed E-state index contributed by atoms with van der Waals surface area (Å²) in [6.45, 7) is 7.28. The lowest BCUT2D eigenvalue weighted by Gasteiger charge is -2.34. The number of carbonyl (C=O) groups is 1. The van der Waals surface area contributed by atoms with Crippen LogP contribution in [0.4, 0.5) is 10.6 Å². The molecular formula is C15H24N4O2S. The van der Waals surface area contributed by atoms with E-state index in [9.17, 15) is 4.79 Å². The van der Waals surface area contributed by atoms with Crippen molar-refractivity contribution < 1.29 is 9.53 Å². The Balaban J connectivity index is 1.95. The number of carbonyl (C=O) groups excluding carboxylic acids is 1. The summed E-state index contributed by atoms with van der Waals surface area (Å²) in [6, 6.07) is 1.99. The van der Waals surface area contributed by atoms with Crippen molar-refractivity contribution in [3.8, 4) is 0 Å². The highest BCUT2D eigenvalue weighted by Crippen LogP contribution is 2.20. The molecule has 2 heterocycles. The van der Waals surface area contributed by atoms with Crippen LogP contribution in [0.5, 0.6) is 0 Å². The molecule has 1 atom stereocenters. The van der Waals surface area contributed by atoms with Gasteiger partial charge in [0.05, 0.1) is 0 Å². The van der Waals surface area contributed by atoms with Gasteiger partial charge in [-0.15, -0.1) is 0 Å². The van der Waals surface area contributed by atoms with Crippen LogP contribution in [-0.2, 0) is 4.74 Å². The van der Waals surface area contributed by atoms with Crippen molar-refractivity contribution >= 4 is 23.7 Å². The van der Waals surface area contributed by atoms with E-state index < -0.39 is 5.60 Å². The molecule has 1 aromatic heterocycles. The maximum atomic E-state index is 11.9. The third-order valence-electron chi connectivity index (χ3n) is 3.27. The number of rotatable bonds is 3. The van der Waals surface area contributed by atoms with Crippen molar-refractivity contribution in [3.05, 3.63) is 12.3 Å². The normalized spacial score (nSPS) is 18.9. The van der Waals surface area contributed by atoms with Gasteiger partial charge in [0, 0.05) is 25.3 Å². The van der Waals surface area contributed by atoms with Gasteiger partial charge in [-0.25, -0.2) is 14.8 Å². The van der Waals surface area contributed by atoms with E-state index in [1.807, 2.05) is 33.1 Å². The molecule has 1 fully saturated rings. The Morgan fingerprint density at radius 1 is 1.50 bits per heavy atom. The predicted octanol–water partition coefficient (Wildman–Crippen LogP) is 2.69. The maximum absolute atomic E-state index is 11.9. The highest BCUT2D eigenvalue weighted by atomic mass is 32.2. The van der Waals surface area contributed by atoms with E-state index in [1.54, 1.807) is 6.20 Å². The lowest BCUT2D eigenvalue weighted by molar-refractivity contribution is 0.0500. The first-order valence-corrected chi connectivity index (χ1v) is 8.71. The number of piperidine rings is 1. The van der Waals surface area contributed by atoms with E-state index in [1.165, 1.54) is 11.8 Å². The number of amides is 1. The van der Waals surface area contributed by atoms with Crippen LogP contribution in [0, 0.1) is 0 Å². The Bertz CT molecular complexity index is 519. The third kappa shape index (κ3) is 5.05. The molecule has 0 bridgehead atoms. The molecule has 7 heteroatoms. The van der Waals surface area contributed by atoms with Crippen LogP contribution in [-0.4, -0.2) is 47.0 Å². The van der Waals surface area contributed by atoms with E-state index in [-0.39, 0.29) is 12.1 Å². The Morgan fingerprint density at radius 3 is 2.95 bits per heavy atom. The molecular weight excluding hydrogens is 300 g/mol. The average molecular weight is 324 g/mol. The Hall–Kier alpha value is -1.50. The molecule has 1 aliphatic rings. The molecule has 1 N–H and O–H groups in total. The zero-order chi connectivity index (χ0) is 16.2. The van der Waals surface area contributed by atoms with Gasteiger partial charge in [0.15, 0.2) is 5.16 Å². The second-order valence-electron chi connectivity index (χ2n) is 6.33. The van der Waals surface area contributed by atoms with E-state index >= 15 is 0 Å². The fourth-order valence-electron chi connectivity index (χ4n) is 2.38. The fourth-order valence-corrected chi connectivity index (χ4v) is 2.73. The zero-order valence-electron chi connectivity index (χ0n) is 13.6. The second kappa shape index (κ2) is 7.17. The molecule has 0 unspecified atom stereocenters. The molecule has 1 amide bonds. The number of hydrogen-bond acceptors (Lipinski definition) is 6. The van der Waals surface area contributed by atoms with E-state index in [2.05, 4.69) is 20.2 Å². The number of nitrogens with zero attached hydrogens (tertiary/aromatic N) is 3. The molecule has 122 valence electrons. The second-order valence-corrected chi connectivity index (χ2v) is 7.11. The van der Waals surface area contributed by atoms with Crippen LogP contribution >= 0.6 is 11.8 Å².